The minimum atomic E-state index is -1.51. The van der Waals surface area contributed by atoms with Gasteiger partial charge in [-0.15, -0.1) is 0 Å². The van der Waals surface area contributed by atoms with Gasteiger partial charge in [-0.1, -0.05) is 79.1 Å². The monoisotopic (exact) mass is 758 g/mol. The quantitative estimate of drug-likeness (QED) is 0.122. The number of aromatic hydroxyl groups is 4. The smallest absolute Gasteiger partial charge is 0.303 e. The van der Waals surface area contributed by atoms with Crippen LogP contribution in [0.2, 0.25) is 0 Å². The van der Waals surface area contributed by atoms with Gasteiger partial charge in [0.15, 0.2) is 6.29 Å². The number of phenolic OH excluding ortho intramolecular Hbond substituents is 4. The van der Waals surface area contributed by atoms with Crippen LogP contribution in [0.25, 0.3) is 0 Å². The van der Waals surface area contributed by atoms with Crippen LogP contribution in [0.1, 0.15) is 171 Å². The molecule has 11 heteroatoms. The molecule has 1 fully saturated rings. The molecule has 0 unspecified atom stereocenters. The van der Waals surface area contributed by atoms with Gasteiger partial charge in [-0.05, 0) is 92.0 Å². The number of hydrogen-bond donors (Lipinski definition) is 7. The maximum Gasteiger partial charge on any atom is 0.303 e. The van der Waals surface area contributed by atoms with Crippen LogP contribution in [0, 0.1) is 11.8 Å². The Labute approximate surface area is 321 Å². The molecule has 1 aliphatic heterocycles. The van der Waals surface area contributed by atoms with Crippen molar-refractivity contribution in [3.05, 3.63) is 46.5 Å². The molecule has 4 aliphatic carbocycles. The summed E-state index contributed by atoms with van der Waals surface area (Å²) in [5, 5.41) is 77.1. The average molecular weight is 759 g/mol. The predicted molar refractivity (Wildman–Crippen MR) is 205 cm³/mol. The van der Waals surface area contributed by atoms with E-state index in [1.54, 1.807) is 24.3 Å². The van der Waals surface area contributed by atoms with Crippen molar-refractivity contribution in [3.63, 3.8) is 0 Å². The first-order valence-electron chi connectivity index (χ1n) is 20.4. The number of hydrogen-bond acceptors (Lipinski definition) is 11. The van der Waals surface area contributed by atoms with Gasteiger partial charge in [-0.3, -0.25) is 4.79 Å². The van der Waals surface area contributed by atoms with Crippen LogP contribution >= 0.6 is 0 Å². The lowest BCUT2D eigenvalue weighted by atomic mass is 9.83. The van der Waals surface area contributed by atoms with Gasteiger partial charge < -0.3 is 50.0 Å². The second-order valence-electron chi connectivity index (χ2n) is 16.0. The van der Waals surface area contributed by atoms with Crippen molar-refractivity contribution >= 4 is 5.97 Å². The molecule has 0 radical (unpaired) electrons. The van der Waals surface area contributed by atoms with E-state index in [-0.39, 0.29) is 53.3 Å². The van der Waals surface area contributed by atoms with Crippen LogP contribution in [0.4, 0.5) is 0 Å². The van der Waals surface area contributed by atoms with Gasteiger partial charge in [-0.2, -0.15) is 0 Å². The molecule has 4 bridgehead atoms. The van der Waals surface area contributed by atoms with Crippen molar-refractivity contribution in [3.8, 4) is 23.0 Å². The number of rotatable bonds is 9. The van der Waals surface area contributed by atoms with E-state index < -0.39 is 42.8 Å². The molecule has 10 atom stereocenters. The lowest BCUT2D eigenvalue weighted by Crippen LogP contribution is -2.54. The molecule has 0 aromatic heterocycles. The zero-order chi connectivity index (χ0) is 39.5. The minimum absolute atomic E-state index is 0.000759. The summed E-state index contributed by atoms with van der Waals surface area (Å²) in [5.41, 5.74) is 2.06. The molecule has 11 nitrogen and oxygen atoms in total. The molecular weight excluding hydrogens is 692 g/mol. The Bertz CT molecular complexity index is 1430. The number of unbranched alkanes of at least 4 members (excludes halogenated alkanes) is 2. The second kappa shape index (κ2) is 20.7. The van der Waals surface area contributed by atoms with Crippen molar-refractivity contribution < 1.29 is 54.8 Å². The summed E-state index contributed by atoms with van der Waals surface area (Å²) in [5.74, 6) is -1.03. The Morgan fingerprint density at radius 2 is 1.11 bits per heavy atom. The van der Waals surface area contributed by atoms with E-state index >= 15 is 0 Å². The molecule has 54 heavy (non-hydrogen) atoms. The number of esters is 1. The number of phenols is 4. The fourth-order valence-corrected chi connectivity index (χ4v) is 8.51. The maximum atomic E-state index is 12.3. The van der Waals surface area contributed by atoms with E-state index in [2.05, 4.69) is 13.8 Å². The van der Waals surface area contributed by atoms with Gasteiger partial charge in [0.2, 0.25) is 0 Å². The van der Waals surface area contributed by atoms with Crippen molar-refractivity contribution in [1.29, 1.82) is 0 Å². The lowest BCUT2D eigenvalue weighted by Gasteiger charge is -2.38. The number of ether oxygens (including phenoxy) is 3. The largest absolute Gasteiger partial charge is 0.508 e. The van der Waals surface area contributed by atoms with Gasteiger partial charge in [0.05, 0.1) is 12.7 Å². The molecule has 7 N–H and O–H groups in total. The summed E-state index contributed by atoms with van der Waals surface area (Å²) >= 11 is 0. The predicted octanol–water partition coefficient (Wildman–Crippen LogP) is 8.26. The highest BCUT2D eigenvalue weighted by Gasteiger charge is 2.41. The van der Waals surface area contributed by atoms with Gasteiger partial charge in [0.25, 0.3) is 0 Å². The number of carbonyl (C=O) groups is 1. The van der Waals surface area contributed by atoms with E-state index in [1.807, 2.05) is 13.8 Å². The van der Waals surface area contributed by atoms with Crippen LogP contribution in [0.3, 0.4) is 0 Å². The molecule has 2 aromatic carbocycles. The van der Waals surface area contributed by atoms with Crippen molar-refractivity contribution in [2.75, 3.05) is 6.61 Å². The molecule has 7 rings (SSSR count). The molecular formula is C43H66O11. The molecule has 1 saturated heterocycles. The number of carbonyl (C=O) groups excluding carboxylic acids is 1. The summed E-state index contributed by atoms with van der Waals surface area (Å²) in [6.45, 7) is 9.34. The van der Waals surface area contributed by atoms with Gasteiger partial charge >= 0.3 is 5.97 Å². The van der Waals surface area contributed by atoms with Crippen LogP contribution in [-0.2, 0) is 19.0 Å². The summed E-state index contributed by atoms with van der Waals surface area (Å²) in [6.07, 6.45) is 4.27. The van der Waals surface area contributed by atoms with Crippen LogP contribution in [-0.4, -0.2) is 72.9 Å². The summed E-state index contributed by atoms with van der Waals surface area (Å²) in [4.78, 5) is 12.3. The fourth-order valence-electron chi connectivity index (χ4n) is 8.51. The summed E-state index contributed by atoms with van der Waals surface area (Å²) in [7, 11) is 0. The van der Waals surface area contributed by atoms with Crippen molar-refractivity contribution in [2.24, 2.45) is 11.8 Å². The van der Waals surface area contributed by atoms with Crippen molar-refractivity contribution in [1.82, 2.24) is 0 Å². The van der Waals surface area contributed by atoms with E-state index in [9.17, 15) is 40.5 Å². The highest BCUT2D eigenvalue weighted by Crippen LogP contribution is 2.46. The molecule has 0 amide bonds. The first-order valence-corrected chi connectivity index (χ1v) is 20.4. The summed E-state index contributed by atoms with van der Waals surface area (Å²) < 4.78 is 17.8. The normalized spacial score (nSPS) is 30.4. The highest BCUT2D eigenvalue weighted by molar-refractivity contribution is 5.66. The van der Waals surface area contributed by atoms with Gasteiger partial charge in [0.1, 0.15) is 47.4 Å². The van der Waals surface area contributed by atoms with Crippen LogP contribution in [0.5, 0.6) is 23.0 Å². The number of aliphatic hydroxyl groups is 3. The topological polar surface area (TPSA) is 186 Å². The zero-order valence-corrected chi connectivity index (χ0v) is 33.0. The van der Waals surface area contributed by atoms with E-state index in [0.29, 0.717) is 47.9 Å². The standard InChI is InChI=1S/C43H66O11/c1-6-8-16-28-19-13-11-15-26(4)42(54-43-40(51)39(50)36(49)24-52-43)31-22-34(47)38(35(48)23-31)29(17-9-7-2)18-12-10-14-25(3)41(53-27(5)44)30-20-32(45)37(28)33(46)21-30/h20-23,25-26,28-29,36,39-43,45-51H,6-19,24H2,1-5H3/t25-,26-,28-,29-,36+,39+,40+,41+,42+,43-/m0/s1. The first-order chi connectivity index (χ1) is 25.8. The molecule has 5 aliphatic rings. The highest BCUT2D eigenvalue weighted by atomic mass is 16.7. The third-order valence-corrected chi connectivity index (χ3v) is 11.6. The Morgan fingerprint density at radius 1 is 0.685 bits per heavy atom. The molecule has 2 aromatic rings. The van der Waals surface area contributed by atoms with Gasteiger partial charge in [0, 0.05) is 23.6 Å². The Balaban J connectivity index is 1.72. The van der Waals surface area contributed by atoms with Crippen molar-refractivity contribution in [2.45, 2.75) is 173 Å². The molecule has 0 saturated carbocycles. The third kappa shape index (κ3) is 11.2. The van der Waals surface area contributed by atoms with Gasteiger partial charge in [-0.25, -0.2) is 0 Å². The first kappa shape index (κ1) is 43.6. The summed E-state index contributed by atoms with van der Waals surface area (Å²) in [6, 6.07) is 6.54. The Morgan fingerprint density at radius 3 is 1.56 bits per heavy atom. The Kier molecular flexibility index (Phi) is 16.7. The second-order valence-corrected chi connectivity index (χ2v) is 16.0. The average Bonchev–Trinajstić information content (AvgIpc) is 3.12. The minimum Gasteiger partial charge on any atom is -0.508 e. The Hall–Kier alpha value is -3.09. The maximum absolute atomic E-state index is 12.3. The SMILES string of the molecule is CCCC[C@H]1CCCC[C@H](C)[C@@H](OC(C)=O)c2cc(O)c(c(O)c2)[C@@H](CCCC)CCCC[C@H](C)[C@@H](O[C@@H]2OC[C@@H](O)[C@@H](O)[C@H]2O)c2cc(O)c1c(O)c2. The van der Waals surface area contributed by atoms with Crippen LogP contribution < -0.4 is 0 Å². The van der Waals surface area contributed by atoms with E-state index in [4.69, 9.17) is 14.2 Å². The molecule has 304 valence electrons. The number of benzene rings is 2. The van der Waals surface area contributed by atoms with Crippen LogP contribution in [0.15, 0.2) is 24.3 Å². The number of aliphatic hydroxyl groups excluding tert-OH is 3. The fraction of sp³-hybridized carbons (Fsp3) is 0.698. The lowest BCUT2D eigenvalue weighted by molar-refractivity contribution is -0.288. The third-order valence-electron chi connectivity index (χ3n) is 11.6. The van der Waals surface area contributed by atoms with E-state index in [0.717, 1.165) is 64.2 Å². The van der Waals surface area contributed by atoms with E-state index in [1.165, 1.54) is 6.92 Å². The molecule has 1 heterocycles. The molecule has 0 spiro atoms. The zero-order valence-electron chi connectivity index (χ0n) is 33.0.